The molecule has 0 unspecified atom stereocenters. The summed E-state index contributed by atoms with van der Waals surface area (Å²) < 4.78 is 26.2. The maximum Gasteiger partial charge on any atom is 0.216 e. The van der Waals surface area contributed by atoms with Crippen molar-refractivity contribution in [3.63, 3.8) is 0 Å². The van der Waals surface area contributed by atoms with Gasteiger partial charge < -0.3 is 0 Å². The number of benzene rings is 1. The van der Waals surface area contributed by atoms with E-state index in [9.17, 15) is 8.42 Å². The van der Waals surface area contributed by atoms with E-state index in [2.05, 4.69) is 0 Å². The van der Waals surface area contributed by atoms with Crippen molar-refractivity contribution < 1.29 is 8.42 Å². The van der Waals surface area contributed by atoms with Gasteiger partial charge in [0.15, 0.2) is 0 Å². The number of rotatable bonds is 5. The van der Waals surface area contributed by atoms with Gasteiger partial charge in [-0.25, -0.2) is 8.42 Å². The summed E-state index contributed by atoms with van der Waals surface area (Å²) in [7, 11) is -3.14. The monoisotopic (exact) mass is 253 g/mol. The quantitative estimate of drug-likeness (QED) is 0.808. The largest absolute Gasteiger partial charge is 0.216 e. The van der Waals surface area contributed by atoms with Crippen LogP contribution in [0.3, 0.4) is 0 Å². The highest BCUT2D eigenvalue weighted by Crippen LogP contribution is 2.32. The summed E-state index contributed by atoms with van der Waals surface area (Å²) in [4.78, 5) is 0. The summed E-state index contributed by atoms with van der Waals surface area (Å²) >= 11 is 0. The minimum atomic E-state index is -3.14. The van der Waals surface area contributed by atoms with Gasteiger partial charge in [0.1, 0.15) is 0 Å². The van der Waals surface area contributed by atoms with E-state index in [4.69, 9.17) is 0 Å². The first-order valence-electron chi connectivity index (χ1n) is 6.06. The molecule has 17 heavy (non-hydrogen) atoms. The second-order valence-electron chi connectivity index (χ2n) is 4.86. The fraction of sp³-hybridized carbons (Fsp3) is 0.538. The molecule has 1 aliphatic rings. The van der Waals surface area contributed by atoms with Gasteiger partial charge in [-0.05, 0) is 32.3 Å². The van der Waals surface area contributed by atoms with Crippen molar-refractivity contribution in [1.29, 1.82) is 0 Å². The molecule has 3 nitrogen and oxygen atoms in total. The molecule has 0 aliphatic heterocycles. The third-order valence-corrected chi connectivity index (χ3v) is 5.33. The van der Waals surface area contributed by atoms with E-state index in [1.807, 2.05) is 30.3 Å². The lowest BCUT2D eigenvalue weighted by Crippen LogP contribution is -2.37. The van der Waals surface area contributed by atoms with Crippen LogP contribution in [0.1, 0.15) is 32.3 Å². The summed E-state index contributed by atoms with van der Waals surface area (Å²) in [6.45, 7) is 4.00. The van der Waals surface area contributed by atoms with Crippen LogP contribution in [0.2, 0.25) is 0 Å². The standard InChI is InChI=1S/C13H19NO2S/c1-11(2)17(15,16)14(13-8-9-13)10-12-6-4-3-5-7-12/h3-7,11,13H,8-10H2,1-2H3. The SMILES string of the molecule is CC(C)S(=O)(=O)N(Cc1ccccc1)C1CC1. The van der Waals surface area contributed by atoms with Gasteiger partial charge in [-0.1, -0.05) is 30.3 Å². The first-order valence-corrected chi connectivity index (χ1v) is 7.56. The van der Waals surface area contributed by atoms with Crippen LogP contribution in [0.15, 0.2) is 30.3 Å². The summed E-state index contributed by atoms with van der Waals surface area (Å²) in [5.41, 5.74) is 1.06. The van der Waals surface area contributed by atoms with Crippen molar-refractivity contribution in [1.82, 2.24) is 4.31 Å². The van der Waals surface area contributed by atoms with Crippen LogP contribution in [0.5, 0.6) is 0 Å². The van der Waals surface area contributed by atoms with Gasteiger partial charge in [0.05, 0.1) is 5.25 Å². The fourth-order valence-electron chi connectivity index (χ4n) is 1.82. The van der Waals surface area contributed by atoms with Crippen LogP contribution < -0.4 is 0 Å². The maximum absolute atomic E-state index is 12.2. The minimum absolute atomic E-state index is 0.225. The Morgan fingerprint density at radius 1 is 1.24 bits per heavy atom. The third-order valence-electron chi connectivity index (χ3n) is 3.06. The van der Waals surface area contributed by atoms with Crippen LogP contribution in [0.25, 0.3) is 0 Å². The van der Waals surface area contributed by atoms with Gasteiger partial charge in [-0.2, -0.15) is 4.31 Å². The Morgan fingerprint density at radius 2 is 1.82 bits per heavy atom. The van der Waals surface area contributed by atoms with E-state index in [0.29, 0.717) is 6.54 Å². The van der Waals surface area contributed by atoms with E-state index in [-0.39, 0.29) is 11.3 Å². The average molecular weight is 253 g/mol. The first-order chi connectivity index (χ1) is 8.01. The van der Waals surface area contributed by atoms with Crippen LogP contribution >= 0.6 is 0 Å². The molecule has 0 aromatic heterocycles. The normalized spacial score (nSPS) is 16.7. The van der Waals surface area contributed by atoms with Crippen molar-refractivity contribution in [3.8, 4) is 0 Å². The van der Waals surface area contributed by atoms with Crippen LogP contribution in [-0.2, 0) is 16.6 Å². The number of hydrogen-bond donors (Lipinski definition) is 0. The molecule has 2 rings (SSSR count). The molecule has 0 bridgehead atoms. The second-order valence-corrected chi connectivity index (χ2v) is 7.30. The van der Waals surface area contributed by atoms with E-state index in [1.165, 1.54) is 0 Å². The van der Waals surface area contributed by atoms with Gasteiger partial charge in [0.2, 0.25) is 10.0 Å². The van der Waals surface area contributed by atoms with Crippen LogP contribution in [-0.4, -0.2) is 24.0 Å². The summed E-state index contributed by atoms with van der Waals surface area (Å²) in [5.74, 6) is 0. The Labute approximate surface area is 104 Å². The summed E-state index contributed by atoms with van der Waals surface area (Å²) in [6.07, 6.45) is 2.00. The highest BCUT2D eigenvalue weighted by Gasteiger charge is 2.38. The predicted octanol–water partition coefficient (Wildman–Crippen LogP) is 2.39. The smallest absolute Gasteiger partial charge is 0.212 e. The molecular weight excluding hydrogens is 234 g/mol. The zero-order valence-electron chi connectivity index (χ0n) is 10.3. The lowest BCUT2D eigenvalue weighted by molar-refractivity contribution is 0.394. The molecule has 1 fully saturated rings. The molecule has 0 saturated heterocycles. The number of nitrogens with zero attached hydrogens (tertiary/aromatic N) is 1. The molecule has 0 N–H and O–H groups in total. The molecule has 4 heteroatoms. The van der Waals surface area contributed by atoms with Crippen LogP contribution in [0, 0.1) is 0 Å². The molecule has 1 aliphatic carbocycles. The Balaban J connectivity index is 2.20. The van der Waals surface area contributed by atoms with E-state index in [1.54, 1.807) is 18.2 Å². The highest BCUT2D eigenvalue weighted by molar-refractivity contribution is 7.89. The molecule has 1 aromatic rings. The van der Waals surface area contributed by atoms with E-state index in [0.717, 1.165) is 18.4 Å². The van der Waals surface area contributed by atoms with Crippen molar-refractivity contribution in [2.45, 2.75) is 44.5 Å². The number of hydrogen-bond acceptors (Lipinski definition) is 2. The van der Waals surface area contributed by atoms with Crippen LogP contribution in [0.4, 0.5) is 0 Å². The van der Waals surface area contributed by atoms with Crippen molar-refractivity contribution in [2.24, 2.45) is 0 Å². The van der Waals surface area contributed by atoms with Crippen molar-refractivity contribution >= 4 is 10.0 Å². The van der Waals surface area contributed by atoms with Crippen molar-refractivity contribution in [2.75, 3.05) is 0 Å². The second kappa shape index (κ2) is 4.78. The van der Waals surface area contributed by atoms with Gasteiger partial charge in [0, 0.05) is 12.6 Å². The zero-order valence-corrected chi connectivity index (χ0v) is 11.2. The first kappa shape index (κ1) is 12.6. The molecular formula is C13H19NO2S. The lowest BCUT2D eigenvalue weighted by atomic mass is 10.2. The Bertz CT molecular complexity index is 463. The molecule has 0 atom stereocenters. The Hall–Kier alpha value is -0.870. The topological polar surface area (TPSA) is 37.4 Å². The van der Waals surface area contributed by atoms with E-state index < -0.39 is 10.0 Å². The zero-order chi connectivity index (χ0) is 12.5. The highest BCUT2D eigenvalue weighted by atomic mass is 32.2. The van der Waals surface area contributed by atoms with E-state index >= 15 is 0 Å². The fourth-order valence-corrected chi connectivity index (χ4v) is 3.32. The maximum atomic E-state index is 12.2. The molecule has 0 spiro atoms. The molecule has 1 saturated carbocycles. The number of sulfonamides is 1. The molecule has 0 amide bonds. The Kier molecular flexibility index (Phi) is 3.54. The summed E-state index contributed by atoms with van der Waals surface area (Å²) in [6, 6.07) is 10.0. The van der Waals surface area contributed by atoms with Gasteiger partial charge in [-0.3, -0.25) is 0 Å². The van der Waals surface area contributed by atoms with Gasteiger partial charge >= 0.3 is 0 Å². The van der Waals surface area contributed by atoms with Crippen molar-refractivity contribution in [3.05, 3.63) is 35.9 Å². The third kappa shape index (κ3) is 2.87. The molecule has 0 radical (unpaired) electrons. The lowest BCUT2D eigenvalue weighted by Gasteiger charge is -2.24. The molecule has 1 aromatic carbocycles. The van der Waals surface area contributed by atoms with Gasteiger partial charge in [-0.15, -0.1) is 0 Å². The average Bonchev–Trinajstić information content (AvgIpc) is 3.10. The molecule has 0 heterocycles. The summed E-state index contributed by atoms with van der Waals surface area (Å²) in [5, 5.41) is -0.341. The predicted molar refractivity (Wildman–Crippen MR) is 69.1 cm³/mol. The Morgan fingerprint density at radius 3 is 2.29 bits per heavy atom. The molecule has 94 valence electrons. The van der Waals surface area contributed by atoms with Gasteiger partial charge in [0.25, 0.3) is 0 Å². The minimum Gasteiger partial charge on any atom is -0.212 e.